The maximum atomic E-state index is 13.1. The number of hydrogen-bond acceptors (Lipinski definition) is 5. The van der Waals surface area contributed by atoms with E-state index in [1.807, 2.05) is 27.2 Å². The Labute approximate surface area is 545 Å². The number of allylic oxidation sites excluding steroid dienone is 3. The molecule has 1 amide bonds. The summed E-state index contributed by atoms with van der Waals surface area (Å²) in [6.07, 6.45) is 92.2. The highest BCUT2D eigenvalue weighted by Crippen LogP contribution is 2.43. The Morgan fingerprint density at radius 2 is 0.621 bits per heavy atom. The second-order valence-corrected chi connectivity index (χ2v) is 29.9. The number of aliphatic hydroxyl groups excluding tert-OH is 1. The van der Waals surface area contributed by atoms with Gasteiger partial charge < -0.3 is 19.8 Å². The first-order valence-electron chi connectivity index (χ1n) is 39.2. The van der Waals surface area contributed by atoms with Gasteiger partial charge in [0.05, 0.1) is 39.9 Å². The summed E-state index contributed by atoms with van der Waals surface area (Å²) in [6, 6.07) is -0.846. The number of amides is 1. The minimum absolute atomic E-state index is 0.0648. The molecule has 0 aliphatic rings. The summed E-state index contributed by atoms with van der Waals surface area (Å²) >= 11 is 0. The Morgan fingerprint density at radius 1 is 0.379 bits per heavy atom. The smallest absolute Gasteiger partial charge is 0.387 e. The number of unbranched alkanes of at least 4 members (excludes halogenated alkanes) is 59. The molecular weight excluding hydrogens is 1090 g/mol. The summed E-state index contributed by atoms with van der Waals surface area (Å²) < 4.78 is 23.9. The van der Waals surface area contributed by atoms with Crippen molar-refractivity contribution in [1.82, 2.24) is 5.32 Å². The van der Waals surface area contributed by atoms with Crippen molar-refractivity contribution in [2.45, 2.75) is 431 Å². The van der Waals surface area contributed by atoms with Crippen LogP contribution in [0.3, 0.4) is 0 Å². The van der Waals surface area contributed by atoms with Gasteiger partial charge in [-0.3, -0.25) is 13.8 Å². The molecule has 8 nitrogen and oxygen atoms in total. The minimum atomic E-state index is -4.35. The van der Waals surface area contributed by atoms with Crippen LogP contribution >= 0.6 is 7.82 Å². The van der Waals surface area contributed by atoms with Crippen LogP contribution in [-0.4, -0.2) is 73.4 Å². The molecule has 0 aromatic rings. The van der Waals surface area contributed by atoms with Crippen LogP contribution in [0.25, 0.3) is 0 Å². The lowest BCUT2D eigenvalue weighted by Gasteiger charge is -2.25. The van der Waals surface area contributed by atoms with Crippen LogP contribution in [0.5, 0.6) is 0 Å². The largest absolute Gasteiger partial charge is 0.472 e. The van der Waals surface area contributed by atoms with Crippen molar-refractivity contribution in [3.8, 4) is 0 Å². The maximum Gasteiger partial charge on any atom is 0.472 e. The molecule has 0 aliphatic heterocycles. The van der Waals surface area contributed by atoms with Crippen molar-refractivity contribution >= 4 is 13.7 Å². The van der Waals surface area contributed by atoms with Crippen LogP contribution < -0.4 is 5.32 Å². The zero-order chi connectivity index (χ0) is 63.4. The molecule has 518 valence electrons. The van der Waals surface area contributed by atoms with Gasteiger partial charge in [0, 0.05) is 6.42 Å². The number of nitrogens with one attached hydrogen (secondary N) is 1. The molecule has 0 spiro atoms. The zero-order valence-electron chi connectivity index (χ0n) is 59.6. The van der Waals surface area contributed by atoms with Gasteiger partial charge in [-0.1, -0.05) is 391 Å². The number of likely N-dealkylation sites (N-methyl/N-ethyl adjacent to an activating group) is 1. The number of carbonyl (C=O) groups is 1. The lowest BCUT2D eigenvalue weighted by Crippen LogP contribution is -2.45. The Hall–Kier alpha value is -1.02. The molecule has 0 aromatic heterocycles. The molecule has 0 aromatic carbocycles. The van der Waals surface area contributed by atoms with Crippen LogP contribution in [-0.2, 0) is 18.4 Å². The molecule has 3 unspecified atom stereocenters. The highest BCUT2D eigenvalue weighted by atomic mass is 31.2. The predicted octanol–water partition coefficient (Wildman–Crippen LogP) is 25.4. The van der Waals surface area contributed by atoms with Gasteiger partial charge in [0.25, 0.3) is 0 Å². The van der Waals surface area contributed by atoms with Gasteiger partial charge in [0.2, 0.25) is 5.91 Å². The first kappa shape index (κ1) is 86.0. The van der Waals surface area contributed by atoms with Gasteiger partial charge in [-0.2, -0.15) is 0 Å². The summed E-state index contributed by atoms with van der Waals surface area (Å²) in [5, 5.41) is 14.1. The van der Waals surface area contributed by atoms with Crippen molar-refractivity contribution in [2.75, 3.05) is 40.9 Å². The van der Waals surface area contributed by atoms with E-state index in [1.165, 1.54) is 366 Å². The lowest BCUT2D eigenvalue weighted by molar-refractivity contribution is -0.870. The number of phosphoric ester groups is 1. The molecule has 0 saturated carbocycles. The van der Waals surface area contributed by atoms with E-state index >= 15 is 0 Å². The van der Waals surface area contributed by atoms with Gasteiger partial charge in [-0.15, -0.1) is 0 Å². The summed E-state index contributed by atoms with van der Waals surface area (Å²) in [4.78, 5) is 23.5. The Bertz CT molecular complexity index is 1470. The Morgan fingerprint density at radius 3 is 0.885 bits per heavy atom. The highest BCUT2D eigenvalue weighted by molar-refractivity contribution is 7.47. The van der Waals surface area contributed by atoms with Crippen molar-refractivity contribution in [1.29, 1.82) is 0 Å². The predicted molar refractivity (Wildman–Crippen MR) is 383 cm³/mol. The van der Waals surface area contributed by atoms with E-state index in [0.717, 1.165) is 32.1 Å². The third kappa shape index (κ3) is 72.3. The molecule has 0 radical (unpaired) electrons. The third-order valence-electron chi connectivity index (χ3n) is 18.4. The van der Waals surface area contributed by atoms with Gasteiger partial charge in [-0.25, -0.2) is 4.57 Å². The van der Waals surface area contributed by atoms with Crippen LogP contribution in [0.1, 0.15) is 418 Å². The first-order valence-corrected chi connectivity index (χ1v) is 40.7. The maximum absolute atomic E-state index is 13.1. The molecule has 0 aliphatic carbocycles. The van der Waals surface area contributed by atoms with Crippen LogP contribution in [0.4, 0.5) is 0 Å². The summed E-state index contributed by atoms with van der Waals surface area (Å²) in [6.45, 7) is 4.89. The Kier molecular flexibility index (Phi) is 68.5. The average Bonchev–Trinajstić information content (AvgIpc) is 3.70. The van der Waals surface area contributed by atoms with Crippen molar-refractivity contribution in [3.05, 3.63) is 24.3 Å². The second kappa shape index (κ2) is 69.3. The number of rotatable bonds is 74. The van der Waals surface area contributed by atoms with E-state index < -0.39 is 20.0 Å². The number of quaternary nitrogens is 1. The molecule has 0 bridgehead atoms. The molecule has 3 atom stereocenters. The molecule has 9 heteroatoms. The fourth-order valence-corrected chi connectivity index (χ4v) is 13.1. The summed E-state index contributed by atoms with van der Waals surface area (Å²) in [5.74, 6) is -0.167. The molecule has 0 rings (SSSR count). The lowest BCUT2D eigenvalue weighted by atomic mass is 10.0. The number of aliphatic hydroxyl groups is 1. The van der Waals surface area contributed by atoms with Crippen molar-refractivity contribution in [3.63, 3.8) is 0 Å². The molecule has 87 heavy (non-hydrogen) atoms. The van der Waals surface area contributed by atoms with E-state index in [2.05, 4.69) is 31.3 Å². The normalized spacial score (nSPS) is 13.6. The quantitative estimate of drug-likeness (QED) is 0.0243. The number of nitrogens with zero attached hydrogens (tertiary/aromatic N) is 1. The van der Waals surface area contributed by atoms with Crippen molar-refractivity contribution in [2.24, 2.45) is 0 Å². The van der Waals surface area contributed by atoms with Gasteiger partial charge >= 0.3 is 7.82 Å². The topological polar surface area (TPSA) is 105 Å². The summed E-state index contributed by atoms with van der Waals surface area (Å²) in [5.41, 5.74) is 0. The van der Waals surface area contributed by atoms with Crippen LogP contribution in [0.15, 0.2) is 24.3 Å². The second-order valence-electron chi connectivity index (χ2n) is 28.4. The average molecular weight is 1250 g/mol. The monoisotopic (exact) mass is 1250 g/mol. The molecule has 0 saturated heterocycles. The number of carbonyl (C=O) groups excluding carboxylic acids is 1. The molecule has 0 heterocycles. The van der Waals surface area contributed by atoms with E-state index in [1.54, 1.807) is 6.08 Å². The Balaban J connectivity index is 3.95. The fourth-order valence-electron chi connectivity index (χ4n) is 12.3. The van der Waals surface area contributed by atoms with Crippen LogP contribution in [0, 0.1) is 0 Å². The molecule has 3 N–H and O–H groups in total. The molecule has 0 fully saturated rings. The standard InChI is InChI=1S/C78H155N2O6P/c1-6-8-10-12-14-16-18-20-22-24-26-28-30-32-34-36-38-39-40-41-42-44-46-48-50-52-54-56-58-60-62-64-66-68-70-72-78(82)79-76(75-86-87(83,84)85-74-73-80(3,4)5)77(81)71-69-67-65-63-61-59-57-55-53-51-49-47-45-43-37-35-33-31-29-27-25-23-21-19-17-15-13-11-9-7-2/h24,26,69,71,76-77,81H,6-23,25,27-68,70,72-75H2,1-5H3,(H-,79,82,83,84)/p+1/b26-24-,71-69+. The summed E-state index contributed by atoms with van der Waals surface area (Å²) in [7, 11) is 1.60. The van der Waals surface area contributed by atoms with E-state index in [-0.39, 0.29) is 19.1 Å². The SMILES string of the molecule is CCCCCCCCCC/C=C\CCCCCCCCCCCCCCCCCCCCCCCCCC(=O)NC(COP(=O)(O)OCC[N+](C)(C)C)C(O)/C=C/CCCCCCCCCCCCCCCCCCCCCCCCCCCCCC. The van der Waals surface area contributed by atoms with E-state index in [4.69, 9.17) is 9.05 Å². The van der Waals surface area contributed by atoms with E-state index in [9.17, 15) is 19.4 Å². The van der Waals surface area contributed by atoms with Gasteiger partial charge in [-0.05, 0) is 44.9 Å². The zero-order valence-corrected chi connectivity index (χ0v) is 60.4. The minimum Gasteiger partial charge on any atom is -0.387 e. The number of phosphoric acid groups is 1. The first-order chi connectivity index (χ1) is 42.5. The van der Waals surface area contributed by atoms with Gasteiger partial charge in [0.15, 0.2) is 0 Å². The van der Waals surface area contributed by atoms with Gasteiger partial charge in [0.1, 0.15) is 13.2 Å². The van der Waals surface area contributed by atoms with Crippen LogP contribution in [0.2, 0.25) is 0 Å². The van der Waals surface area contributed by atoms with Crippen molar-refractivity contribution < 1.29 is 32.9 Å². The number of hydrogen-bond donors (Lipinski definition) is 3. The third-order valence-corrected chi connectivity index (χ3v) is 19.4. The fraction of sp³-hybridized carbons (Fsp3) is 0.936. The molecular formula is C78H156N2O6P+. The van der Waals surface area contributed by atoms with E-state index in [0.29, 0.717) is 17.4 Å². The highest BCUT2D eigenvalue weighted by Gasteiger charge is 2.28.